The van der Waals surface area contributed by atoms with Crippen LogP contribution in [0.3, 0.4) is 0 Å². The third-order valence-corrected chi connectivity index (χ3v) is 2.27. The van der Waals surface area contributed by atoms with Crippen molar-refractivity contribution >= 4 is 5.97 Å². The first-order chi connectivity index (χ1) is 6.63. The van der Waals surface area contributed by atoms with Crippen LogP contribution in [0.2, 0.25) is 0 Å². The second-order valence-electron chi connectivity index (χ2n) is 3.43. The summed E-state index contributed by atoms with van der Waals surface area (Å²) in [7, 11) is 1.62. The number of carbonyl (C=O) groups excluding carboxylic acids is 1. The van der Waals surface area contributed by atoms with Crippen molar-refractivity contribution in [3.63, 3.8) is 0 Å². The van der Waals surface area contributed by atoms with Crippen LogP contribution in [0.1, 0.15) is 26.7 Å². The summed E-state index contributed by atoms with van der Waals surface area (Å²) >= 11 is 0. The minimum absolute atomic E-state index is 0.171. The predicted molar refractivity (Wildman–Crippen MR) is 54.9 cm³/mol. The maximum Gasteiger partial charge on any atom is 0.323 e. The molecule has 14 heavy (non-hydrogen) atoms. The highest BCUT2D eigenvalue weighted by Crippen LogP contribution is 2.06. The van der Waals surface area contributed by atoms with Gasteiger partial charge in [-0.25, -0.2) is 0 Å². The summed E-state index contributed by atoms with van der Waals surface area (Å²) in [5.74, 6) is -0.139. The molecule has 0 saturated carbocycles. The van der Waals surface area contributed by atoms with Gasteiger partial charge in [-0.15, -0.1) is 0 Å². The van der Waals surface area contributed by atoms with Gasteiger partial charge in [0.1, 0.15) is 6.04 Å². The van der Waals surface area contributed by atoms with E-state index in [0.717, 1.165) is 12.8 Å². The first-order valence-electron chi connectivity index (χ1n) is 5.04. The molecule has 0 spiro atoms. The molecule has 0 aliphatic heterocycles. The van der Waals surface area contributed by atoms with Gasteiger partial charge in [-0.05, 0) is 5.92 Å². The first kappa shape index (κ1) is 13.4. The van der Waals surface area contributed by atoms with Crippen LogP contribution in [0.4, 0.5) is 0 Å². The summed E-state index contributed by atoms with van der Waals surface area (Å²) in [6.45, 7) is 4.94. The Morgan fingerprint density at radius 2 is 2.07 bits per heavy atom. The number of carbonyl (C=O) groups is 1. The second-order valence-corrected chi connectivity index (χ2v) is 3.43. The van der Waals surface area contributed by atoms with Crippen LogP contribution in [-0.2, 0) is 14.3 Å². The summed E-state index contributed by atoms with van der Waals surface area (Å²) in [6, 6.07) is -0.498. The van der Waals surface area contributed by atoms with Crippen LogP contribution in [0.25, 0.3) is 0 Å². The van der Waals surface area contributed by atoms with E-state index in [1.807, 2.05) is 13.8 Å². The van der Waals surface area contributed by atoms with E-state index < -0.39 is 6.04 Å². The van der Waals surface area contributed by atoms with Crippen molar-refractivity contribution in [3.05, 3.63) is 0 Å². The molecular formula is C10H21NO3. The average Bonchev–Trinajstić information content (AvgIpc) is 2.21. The van der Waals surface area contributed by atoms with E-state index in [2.05, 4.69) is 0 Å². The molecule has 0 bridgehead atoms. The maximum absolute atomic E-state index is 11.3. The van der Waals surface area contributed by atoms with Crippen molar-refractivity contribution in [2.45, 2.75) is 32.7 Å². The molecule has 2 atom stereocenters. The van der Waals surface area contributed by atoms with Crippen LogP contribution in [0.5, 0.6) is 0 Å². The molecule has 0 saturated heterocycles. The first-order valence-corrected chi connectivity index (χ1v) is 5.04. The van der Waals surface area contributed by atoms with Crippen molar-refractivity contribution in [2.75, 3.05) is 20.3 Å². The molecule has 4 nitrogen and oxygen atoms in total. The van der Waals surface area contributed by atoms with Gasteiger partial charge < -0.3 is 15.2 Å². The van der Waals surface area contributed by atoms with Crippen LogP contribution in [0, 0.1) is 5.92 Å². The normalized spacial score (nSPS) is 14.9. The molecule has 0 aliphatic rings. The van der Waals surface area contributed by atoms with Crippen molar-refractivity contribution < 1.29 is 14.3 Å². The van der Waals surface area contributed by atoms with Gasteiger partial charge in [0.2, 0.25) is 0 Å². The Labute approximate surface area is 85.8 Å². The van der Waals surface area contributed by atoms with E-state index in [-0.39, 0.29) is 11.9 Å². The molecule has 0 rings (SSSR count). The van der Waals surface area contributed by atoms with Gasteiger partial charge >= 0.3 is 5.97 Å². The van der Waals surface area contributed by atoms with E-state index >= 15 is 0 Å². The van der Waals surface area contributed by atoms with Gasteiger partial charge in [0, 0.05) is 20.1 Å². The third kappa shape index (κ3) is 5.19. The summed E-state index contributed by atoms with van der Waals surface area (Å²) in [5, 5.41) is 0. The summed E-state index contributed by atoms with van der Waals surface area (Å²) < 4.78 is 9.82. The second kappa shape index (κ2) is 7.76. The Balaban J connectivity index is 3.62. The number of hydrogen-bond acceptors (Lipinski definition) is 4. The number of esters is 1. The highest BCUT2D eigenvalue weighted by molar-refractivity contribution is 5.75. The van der Waals surface area contributed by atoms with E-state index in [9.17, 15) is 4.79 Å². The Kier molecular flexibility index (Phi) is 7.42. The SMILES string of the molecule is CCC(C)[C@H](N)C(=O)OCCCOC. The number of methoxy groups -OCH3 is 1. The molecule has 0 amide bonds. The molecule has 0 aromatic heterocycles. The van der Waals surface area contributed by atoms with E-state index in [1.54, 1.807) is 7.11 Å². The monoisotopic (exact) mass is 203 g/mol. The highest BCUT2D eigenvalue weighted by Gasteiger charge is 2.20. The van der Waals surface area contributed by atoms with Crippen LogP contribution < -0.4 is 5.73 Å². The molecule has 0 fully saturated rings. The van der Waals surface area contributed by atoms with E-state index in [1.165, 1.54) is 0 Å². The van der Waals surface area contributed by atoms with Gasteiger partial charge in [0.15, 0.2) is 0 Å². The quantitative estimate of drug-likeness (QED) is 0.494. The van der Waals surface area contributed by atoms with Crippen molar-refractivity contribution in [1.82, 2.24) is 0 Å². The number of hydrogen-bond donors (Lipinski definition) is 1. The Bertz CT molecular complexity index is 161. The van der Waals surface area contributed by atoms with Crippen LogP contribution in [-0.4, -0.2) is 32.3 Å². The molecule has 0 aromatic carbocycles. The molecule has 2 N–H and O–H groups in total. The number of rotatable bonds is 7. The zero-order valence-corrected chi connectivity index (χ0v) is 9.29. The smallest absolute Gasteiger partial charge is 0.323 e. The molecular weight excluding hydrogens is 182 g/mol. The molecule has 0 aliphatic carbocycles. The lowest BCUT2D eigenvalue weighted by molar-refractivity contribution is -0.146. The van der Waals surface area contributed by atoms with E-state index in [0.29, 0.717) is 13.2 Å². The van der Waals surface area contributed by atoms with Crippen LogP contribution >= 0.6 is 0 Å². The van der Waals surface area contributed by atoms with Gasteiger partial charge in [0.25, 0.3) is 0 Å². The fourth-order valence-electron chi connectivity index (χ4n) is 0.958. The van der Waals surface area contributed by atoms with Crippen LogP contribution in [0.15, 0.2) is 0 Å². The van der Waals surface area contributed by atoms with Crippen molar-refractivity contribution in [3.8, 4) is 0 Å². The molecule has 84 valence electrons. The summed E-state index contributed by atoms with van der Waals surface area (Å²) in [6.07, 6.45) is 1.60. The summed E-state index contributed by atoms with van der Waals surface area (Å²) in [4.78, 5) is 11.3. The van der Waals surface area contributed by atoms with Gasteiger partial charge in [-0.1, -0.05) is 20.3 Å². The Hall–Kier alpha value is -0.610. The predicted octanol–water partition coefficient (Wildman–Crippen LogP) is 0.940. The van der Waals surface area contributed by atoms with E-state index in [4.69, 9.17) is 15.2 Å². The minimum atomic E-state index is -0.498. The Morgan fingerprint density at radius 1 is 1.43 bits per heavy atom. The van der Waals surface area contributed by atoms with Crippen molar-refractivity contribution in [1.29, 1.82) is 0 Å². The largest absolute Gasteiger partial charge is 0.464 e. The number of ether oxygens (including phenoxy) is 2. The minimum Gasteiger partial charge on any atom is -0.464 e. The fraction of sp³-hybridized carbons (Fsp3) is 0.900. The average molecular weight is 203 g/mol. The number of nitrogens with two attached hydrogens (primary N) is 1. The van der Waals surface area contributed by atoms with Crippen molar-refractivity contribution in [2.24, 2.45) is 11.7 Å². The zero-order valence-electron chi connectivity index (χ0n) is 9.29. The maximum atomic E-state index is 11.3. The standard InChI is InChI=1S/C10H21NO3/c1-4-8(2)9(11)10(12)14-7-5-6-13-3/h8-9H,4-7,11H2,1-3H3/t8?,9-/m0/s1. The topological polar surface area (TPSA) is 61.6 Å². The molecule has 0 heterocycles. The zero-order chi connectivity index (χ0) is 11.0. The molecule has 0 radical (unpaired) electrons. The lowest BCUT2D eigenvalue weighted by Gasteiger charge is -2.16. The lowest BCUT2D eigenvalue weighted by atomic mass is 10.0. The highest BCUT2D eigenvalue weighted by atomic mass is 16.5. The van der Waals surface area contributed by atoms with Gasteiger partial charge in [-0.3, -0.25) is 4.79 Å². The lowest BCUT2D eigenvalue weighted by Crippen LogP contribution is -2.38. The van der Waals surface area contributed by atoms with Gasteiger partial charge in [0.05, 0.1) is 6.61 Å². The van der Waals surface area contributed by atoms with Gasteiger partial charge in [-0.2, -0.15) is 0 Å². The molecule has 1 unspecified atom stereocenters. The molecule has 0 aromatic rings. The molecule has 4 heteroatoms. The summed E-state index contributed by atoms with van der Waals surface area (Å²) in [5.41, 5.74) is 5.68. The Morgan fingerprint density at radius 3 is 2.57 bits per heavy atom. The fourth-order valence-corrected chi connectivity index (χ4v) is 0.958. The third-order valence-electron chi connectivity index (χ3n) is 2.27.